The van der Waals surface area contributed by atoms with Gasteiger partial charge in [0.2, 0.25) is 5.91 Å². The summed E-state index contributed by atoms with van der Waals surface area (Å²) in [4.78, 5) is 22.0. The molecule has 2 rings (SSSR count). The van der Waals surface area contributed by atoms with Crippen LogP contribution in [0.15, 0.2) is 12.1 Å². The molecule has 0 spiro atoms. The van der Waals surface area contributed by atoms with Crippen molar-refractivity contribution < 1.29 is 23.2 Å². The van der Waals surface area contributed by atoms with Crippen LogP contribution in [0.3, 0.4) is 0 Å². The van der Waals surface area contributed by atoms with Crippen LogP contribution >= 0.6 is 0 Å². The standard InChI is InChI=1S/C12H13F2N3O4/c1-15-9-5-21-4-7(9)12(18)16-11-8(14)2-6(13)3-10(11)17(19)20/h2-3,7,9,15H,4-5H2,1H3,(H,16,18). The second-order valence-electron chi connectivity index (χ2n) is 4.57. The second-order valence-corrected chi connectivity index (χ2v) is 4.57. The molecule has 114 valence electrons. The molecule has 1 aromatic rings. The van der Waals surface area contributed by atoms with Crippen molar-refractivity contribution >= 4 is 17.3 Å². The van der Waals surface area contributed by atoms with Gasteiger partial charge in [-0.1, -0.05) is 0 Å². The molecular weight excluding hydrogens is 288 g/mol. The van der Waals surface area contributed by atoms with Gasteiger partial charge in [-0.25, -0.2) is 8.78 Å². The lowest BCUT2D eigenvalue weighted by molar-refractivity contribution is -0.384. The number of nitro benzene ring substituents is 1. The van der Waals surface area contributed by atoms with E-state index in [-0.39, 0.29) is 12.6 Å². The topological polar surface area (TPSA) is 93.5 Å². The highest BCUT2D eigenvalue weighted by atomic mass is 19.1. The summed E-state index contributed by atoms with van der Waals surface area (Å²) >= 11 is 0. The van der Waals surface area contributed by atoms with Crippen molar-refractivity contribution in [3.63, 3.8) is 0 Å². The van der Waals surface area contributed by atoms with Gasteiger partial charge in [-0.2, -0.15) is 0 Å². The van der Waals surface area contributed by atoms with Gasteiger partial charge in [0.1, 0.15) is 5.82 Å². The van der Waals surface area contributed by atoms with Crippen LogP contribution in [0.1, 0.15) is 0 Å². The maximum absolute atomic E-state index is 13.7. The third-order valence-electron chi connectivity index (χ3n) is 3.27. The van der Waals surface area contributed by atoms with E-state index in [1.165, 1.54) is 0 Å². The van der Waals surface area contributed by atoms with E-state index in [0.29, 0.717) is 18.7 Å². The molecule has 0 aromatic heterocycles. The lowest BCUT2D eigenvalue weighted by atomic mass is 10.0. The smallest absolute Gasteiger partial charge is 0.298 e. The van der Waals surface area contributed by atoms with E-state index in [9.17, 15) is 23.7 Å². The Morgan fingerprint density at radius 3 is 2.76 bits per heavy atom. The van der Waals surface area contributed by atoms with Crippen LogP contribution in [0.2, 0.25) is 0 Å². The minimum absolute atomic E-state index is 0.119. The van der Waals surface area contributed by atoms with Gasteiger partial charge in [-0.3, -0.25) is 14.9 Å². The molecule has 0 saturated carbocycles. The van der Waals surface area contributed by atoms with E-state index in [1.54, 1.807) is 7.05 Å². The average molecular weight is 301 g/mol. The number of nitrogens with one attached hydrogen (secondary N) is 2. The predicted octanol–water partition coefficient (Wildman–Crippen LogP) is 1.05. The first-order valence-electron chi connectivity index (χ1n) is 6.13. The Hall–Kier alpha value is -2.13. The highest BCUT2D eigenvalue weighted by Gasteiger charge is 2.34. The van der Waals surface area contributed by atoms with Gasteiger partial charge in [-0.15, -0.1) is 0 Å². The van der Waals surface area contributed by atoms with Crippen molar-refractivity contribution in [1.82, 2.24) is 5.32 Å². The molecule has 1 aliphatic rings. The van der Waals surface area contributed by atoms with Crippen molar-refractivity contribution in [2.75, 3.05) is 25.6 Å². The predicted molar refractivity (Wildman–Crippen MR) is 68.8 cm³/mol. The molecule has 0 aliphatic carbocycles. The molecule has 1 heterocycles. The number of nitro groups is 1. The van der Waals surface area contributed by atoms with Gasteiger partial charge in [0.25, 0.3) is 5.69 Å². The molecule has 21 heavy (non-hydrogen) atoms. The van der Waals surface area contributed by atoms with Crippen LogP contribution in [0.4, 0.5) is 20.2 Å². The molecule has 9 heteroatoms. The first kappa shape index (κ1) is 15.3. The van der Waals surface area contributed by atoms with Crippen LogP contribution in [-0.4, -0.2) is 37.1 Å². The molecule has 2 unspecified atom stereocenters. The zero-order valence-electron chi connectivity index (χ0n) is 11.1. The summed E-state index contributed by atoms with van der Waals surface area (Å²) in [7, 11) is 1.64. The maximum Gasteiger partial charge on any atom is 0.298 e. The van der Waals surface area contributed by atoms with E-state index in [4.69, 9.17) is 4.74 Å². The van der Waals surface area contributed by atoms with Crippen molar-refractivity contribution in [2.24, 2.45) is 5.92 Å². The van der Waals surface area contributed by atoms with E-state index < -0.39 is 39.8 Å². The fraction of sp³-hybridized carbons (Fsp3) is 0.417. The normalized spacial score (nSPS) is 21.3. The van der Waals surface area contributed by atoms with Crippen molar-refractivity contribution in [2.45, 2.75) is 6.04 Å². The van der Waals surface area contributed by atoms with Crippen molar-refractivity contribution in [1.29, 1.82) is 0 Å². The fourth-order valence-corrected chi connectivity index (χ4v) is 2.14. The highest BCUT2D eigenvalue weighted by Crippen LogP contribution is 2.29. The Kier molecular flexibility index (Phi) is 4.43. The quantitative estimate of drug-likeness (QED) is 0.640. The molecule has 2 N–H and O–H groups in total. The number of amides is 1. The van der Waals surface area contributed by atoms with Gasteiger partial charge < -0.3 is 15.4 Å². The van der Waals surface area contributed by atoms with Crippen molar-refractivity contribution in [3.05, 3.63) is 33.9 Å². The Morgan fingerprint density at radius 1 is 1.43 bits per heavy atom. The summed E-state index contributed by atoms with van der Waals surface area (Å²) in [5, 5.41) is 15.9. The molecule has 2 atom stereocenters. The number of carbonyl (C=O) groups is 1. The third-order valence-corrected chi connectivity index (χ3v) is 3.27. The molecule has 1 saturated heterocycles. The van der Waals surface area contributed by atoms with Crippen LogP contribution in [0, 0.1) is 27.7 Å². The fourth-order valence-electron chi connectivity index (χ4n) is 2.14. The first-order chi connectivity index (χ1) is 9.93. The van der Waals surface area contributed by atoms with E-state index in [1.807, 2.05) is 0 Å². The number of rotatable bonds is 4. The number of benzene rings is 1. The van der Waals surface area contributed by atoms with Gasteiger partial charge in [0, 0.05) is 12.1 Å². The largest absolute Gasteiger partial charge is 0.379 e. The highest BCUT2D eigenvalue weighted by molar-refractivity contribution is 5.95. The molecule has 7 nitrogen and oxygen atoms in total. The summed E-state index contributed by atoms with van der Waals surface area (Å²) in [6.45, 7) is 0.427. The van der Waals surface area contributed by atoms with Crippen LogP contribution in [0.25, 0.3) is 0 Å². The van der Waals surface area contributed by atoms with E-state index in [0.717, 1.165) is 0 Å². The summed E-state index contributed by atoms with van der Waals surface area (Å²) in [6.07, 6.45) is 0. The average Bonchev–Trinajstić information content (AvgIpc) is 2.89. The van der Waals surface area contributed by atoms with E-state index >= 15 is 0 Å². The van der Waals surface area contributed by atoms with Crippen LogP contribution in [0.5, 0.6) is 0 Å². The van der Waals surface area contributed by atoms with Crippen LogP contribution in [-0.2, 0) is 9.53 Å². The number of hydrogen-bond acceptors (Lipinski definition) is 5. The Bertz CT molecular complexity index is 582. The number of halogens is 2. The SMILES string of the molecule is CNC1COCC1C(=O)Nc1c(F)cc(F)cc1[N+](=O)[O-]. The van der Waals surface area contributed by atoms with Gasteiger partial charge in [0.05, 0.1) is 30.1 Å². The lowest BCUT2D eigenvalue weighted by Crippen LogP contribution is -2.39. The zero-order chi connectivity index (χ0) is 15.6. The lowest BCUT2D eigenvalue weighted by Gasteiger charge is -2.16. The Labute approximate surface area is 118 Å². The minimum Gasteiger partial charge on any atom is -0.379 e. The third kappa shape index (κ3) is 3.14. The number of carbonyl (C=O) groups excluding carboxylic acids is 1. The summed E-state index contributed by atoms with van der Waals surface area (Å²) < 4.78 is 31.9. The van der Waals surface area contributed by atoms with Gasteiger partial charge in [-0.05, 0) is 7.05 Å². The monoisotopic (exact) mass is 301 g/mol. The number of likely N-dealkylation sites (N-methyl/N-ethyl adjacent to an activating group) is 1. The van der Waals surface area contributed by atoms with Gasteiger partial charge >= 0.3 is 0 Å². The van der Waals surface area contributed by atoms with Crippen LogP contribution < -0.4 is 10.6 Å². The molecule has 0 radical (unpaired) electrons. The summed E-state index contributed by atoms with van der Waals surface area (Å²) in [6, 6.07) is 0.760. The number of nitrogens with zero attached hydrogens (tertiary/aromatic N) is 1. The maximum atomic E-state index is 13.7. The molecule has 1 aromatic carbocycles. The molecule has 1 aliphatic heterocycles. The van der Waals surface area contributed by atoms with Gasteiger partial charge in [0.15, 0.2) is 11.5 Å². The summed E-state index contributed by atoms with van der Waals surface area (Å²) in [5.41, 5.74) is -1.48. The molecule has 1 amide bonds. The molecule has 0 bridgehead atoms. The zero-order valence-corrected chi connectivity index (χ0v) is 11.1. The molecular formula is C12H13F2N3O4. The number of hydrogen-bond donors (Lipinski definition) is 2. The number of ether oxygens (including phenoxy) is 1. The molecule has 1 fully saturated rings. The first-order valence-corrected chi connectivity index (χ1v) is 6.13. The second kappa shape index (κ2) is 6.10. The van der Waals surface area contributed by atoms with Crippen molar-refractivity contribution in [3.8, 4) is 0 Å². The van der Waals surface area contributed by atoms with E-state index in [2.05, 4.69) is 10.6 Å². The Morgan fingerprint density at radius 2 is 2.14 bits per heavy atom. The number of anilines is 1. The Balaban J connectivity index is 2.27. The minimum atomic E-state index is -1.20. The summed E-state index contributed by atoms with van der Waals surface area (Å²) in [5.74, 6) is -3.52.